The molecule has 0 saturated carbocycles. The molecule has 2 aromatic rings. The van der Waals surface area contributed by atoms with Crippen molar-refractivity contribution in [1.29, 1.82) is 0 Å². The molecule has 0 amide bonds. The Morgan fingerprint density at radius 2 is 1.94 bits per heavy atom. The van der Waals surface area contributed by atoms with Crippen LogP contribution >= 0.6 is 0 Å². The summed E-state index contributed by atoms with van der Waals surface area (Å²) in [6.45, 7) is 5.57. The van der Waals surface area contributed by atoms with Gasteiger partial charge in [-0.1, -0.05) is 36.4 Å². The fraction of sp³-hybridized carbons (Fsp3) is 0.125. The van der Waals surface area contributed by atoms with E-state index in [9.17, 15) is 5.11 Å². The van der Waals surface area contributed by atoms with Crippen LogP contribution in [0.15, 0.2) is 61.2 Å². The van der Waals surface area contributed by atoms with E-state index in [0.717, 1.165) is 16.9 Å². The maximum absolute atomic E-state index is 9.70. The van der Waals surface area contributed by atoms with Crippen LogP contribution in [0.25, 0.3) is 0 Å². The highest BCUT2D eigenvalue weighted by atomic mass is 16.5. The number of hydrogen-bond acceptors (Lipinski definition) is 2. The van der Waals surface area contributed by atoms with Gasteiger partial charge in [-0.2, -0.15) is 0 Å². The summed E-state index contributed by atoms with van der Waals surface area (Å²) in [7, 11) is 0. The molecule has 0 bridgehead atoms. The Kier molecular flexibility index (Phi) is 3.80. The first-order valence-corrected chi connectivity index (χ1v) is 5.85. The molecule has 1 atom stereocenters. The van der Waals surface area contributed by atoms with Gasteiger partial charge in [0, 0.05) is 0 Å². The predicted octanol–water partition coefficient (Wildman–Crippen LogP) is 4.01. The van der Waals surface area contributed by atoms with Crippen molar-refractivity contribution >= 4 is 0 Å². The smallest absolute Gasteiger partial charge is 0.130 e. The van der Waals surface area contributed by atoms with Crippen LogP contribution in [0.5, 0.6) is 11.5 Å². The van der Waals surface area contributed by atoms with Crippen molar-refractivity contribution in [2.75, 3.05) is 0 Å². The lowest BCUT2D eigenvalue weighted by Gasteiger charge is -2.11. The van der Waals surface area contributed by atoms with E-state index in [1.807, 2.05) is 55.5 Å². The number of rotatable bonds is 4. The Morgan fingerprint density at radius 1 is 1.17 bits per heavy atom. The van der Waals surface area contributed by atoms with E-state index < -0.39 is 6.10 Å². The average Bonchev–Trinajstić information content (AvgIpc) is 2.41. The van der Waals surface area contributed by atoms with E-state index in [1.54, 1.807) is 0 Å². The number of para-hydroxylation sites is 1. The topological polar surface area (TPSA) is 29.5 Å². The van der Waals surface area contributed by atoms with E-state index in [2.05, 4.69) is 6.58 Å². The molecule has 2 nitrogen and oxygen atoms in total. The zero-order valence-electron chi connectivity index (χ0n) is 10.3. The van der Waals surface area contributed by atoms with Crippen molar-refractivity contribution in [3.63, 3.8) is 0 Å². The Bertz CT molecular complexity index is 546. The molecule has 0 aromatic heterocycles. The first-order valence-electron chi connectivity index (χ1n) is 5.85. The quantitative estimate of drug-likeness (QED) is 0.818. The zero-order valence-corrected chi connectivity index (χ0v) is 10.3. The maximum Gasteiger partial charge on any atom is 0.130 e. The lowest BCUT2D eigenvalue weighted by atomic mass is 10.1. The van der Waals surface area contributed by atoms with Gasteiger partial charge in [0.25, 0.3) is 0 Å². The normalized spacial score (nSPS) is 11.9. The number of aliphatic hydroxyl groups is 1. The van der Waals surface area contributed by atoms with Gasteiger partial charge in [0.15, 0.2) is 0 Å². The van der Waals surface area contributed by atoms with Crippen molar-refractivity contribution < 1.29 is 9.84 Å². The molecule has 0 aliphatic heterocycles. The summed E-state index contributed by atoms with van der Waals surface area (Å²) in [6.07, 6.45) is 0.831. The molecular formula is C16H16O2. The Morgan fingerprint density at radius 3 is 2.67 bits per heavy atom. The second kappa shape index (κ2) is 5.52. The second-order valence-corrected chi connectivity index (χ2v) is 4.12. The molecule has 0 heterocycles. The minimum atomic E-state index is -0.662. The molecule has 1 unspecified atom stereocenters. The van der Waals surface area contributed by atoms with Crippen molar-refractivity contribution in [3.8, 4) is 11.5 Å². The highest BCUT2D eigenvalue weighted by molar-refractivity contribution is 5.39. The van der Waals surface area contributed by atoms with Gasteiger partial charge >= 0.3 is 0 Å². The highest BCUT2D eigenvalue weighted by Crippen LogP contribution is 2.26. The monoisotopic (exact) mass is 240 g/mol. The van der Waals surface area contributed by atoms with Crippen LogP contribution in [0.3, 0.4) is 0 Å². The molecule has 0 saturated heterocycles. The summed E-state index contributed by atoms with van der Waals surface area (Å²) in [5.41, 5.74) is 1.85. The molecule has 2 heteroatoms. The Labute approximate surface area is 107 Å². The largest absolute Gasteiger partial charge is 0.457 e. The zero-order chi connectivity index (χ0) is 13.0. The van der Waals surface area contributed by atoms with Crippen molar-refractivity contribution in [2.24, 2.45) is 0 Å². The summed E-state index contributed by atoms with van der Waals surface area (Å²) < 4.78 is 5.80. The predicted molar refractivity (Wildman–Crippen MR) is 72.9 cm³/mol. The van der Waals surface area contributed by atoms with Gasteiger partial charge in [0.2, 0.25) is 0 Å². The summed E-state index contributed by atoms with van der Waals surface area (Å²) in [5, 5.41) is 9.70. The molecule has 0 aliphatic carbocycles. The van der Waals surface area contributed by atoms with E-state index in [0.29, 0.717) is 5.75 Å². The standard InChI is InChI=1S/C16H16O2/c1-3-15(17)13-8-6-9-14(11-13)18-16-10-5-4-7-12(16)2/h3-11,15,17H,1H2,2H3. The van der Waals surface area contributed by atoms with Gasteiger partial charge in [-0.15, -0.1) is 6.58 Å². The number of aryl methyl sites for hydroxylation is 1. The van der Waals surface area contributed by atoms with Crippen LogP contribution in [0, 0.1) is 6.92 Å². The molecule has 18 heavy (non-hydrogen) atoms. The van der Waals surface area contributed by atoms with Crippen LogP contribution in [0.4, 0.5) is 0 Å². The van der Waals surface area contributed by atoms with Crippen LogP contribution < -0.4 is 4.74 Å². The van der Waals surface area contributed by atoms with Gasteiger partial charge in [0.1, 0.15) is 11.5 Å². The summed E-state index contributed by atoms with van der Waals surface area (Å²) in [4.78, 5) is 0. The van der Waals surface area contributed by atoms with E-state index >= 15 is 0 Å². The average molecular weight is 240 g/mol. The molecule has 0 radical (unpaired) electrons. The van der Waals surface area contributed by atoms with Gasteiger partial charge in [-0.05, 0) is 36.2 Å². The number of hydrogen-bond donors (Lipinski definition) is 1. The van der Waals surface area contributed by atoms with Gasteiger partial charge in [-0.25, -0.2) is 0 Å². The minimum absolute atomic E-state index is 0.662. The molecule has 0 fully saturated rings. The van der Waals surface area contributed by atoms with Crippen LogP contribution in [0.2, 0.25) is 0 Å². The molecule has 2 rings (SSSR count). The third-order valence-corrected chi connectivity index (χ3v) is 2.74. The van der Waals surface area contributed by atoms with E-state index in [-0.39, 0.29) is 0 Å². The van der Waals surface area contributed by atoms with Crippen LogP contribution in [-0.4, -0.2) is 5.11 Å². The molecular weight excluding hydrogens is 224 g/mol. The first kappa shape index (κ1) is 12.4. The Balaban J connectivity index is 2.25. The van der Waals surface area contributed by atoms with Gasteiger partial charge in [0.05, 0.1) is 6.10 Å². The van der Waals surface area contributed by atoms with Gasteiger partial charge in [-0.3, -0.25) is 0 Å². The minimum Gasteiger partial charge on any atom is -0.457 e. The van der Waals surface area contributed by atoms with Crippen molar-refractivity contribution in [1.82, 2.24) is 0 Å². The van der Waals surface area contributed by atoms with Gasteiger partial charge < -0.3 is 9.84 Å². The molecule has 0 spiro atoms. The van der Waals surface area contributed by atoms with E-state index in [1.165, 1.54) is 6.08 Å². The number of aliphatic hydroxyl groups excluding tert-OH is 1. The highest BCUT2D eigenvalue weighted by Gasteiger charge is 2.05. The van der Waals surface area contributed by atoms with Crippen molar-refractivity contribution in [3.05, 3.63) is 72.3 Å². The fourth-order valence-electron chi connectivity index (χ4n) is 1.70. The number of benzene rings is 2. The van der Waals surface area contributed by atoms with Crippen LogP contribution in [-0.2, 0) is 0 Å². The molecule has 92 valence electrons. The second-order valence-electron chi connectivity index (χ2n) is 4.12. The van der Waals surface area contributed by atoms with Crippen molar-refractivity contribution in [2.45, 2.75) is 13.0 Å². The molecule has 0 aliphatic rings. The maximum atomic E-state index is 9.70. The summed E-state index contributed by atoms with van der Waals surface area (Å²) >= 11 is 0. The Hall–Kier alpha value is -2.06. The van der Waals surface area contributed by atoms with Crippen LogP contribution in [0.1, 0.15) is 17.2 Å². The SMILES string of the molecule is C=CC(O)c1cccc(Oc2ccccc2C)c1. The fourth-order valence-corrected chi connectivity index (χ4v) is 1.70. The summed E-state index contributed by atoms with van der Waals surface area (Å²) in [5.74, 6) is 1.53. The van der Waals surface area contributed by atoms with E-state index in [4.69, 9.17) is 4.74 Å². The lowest BCUT2D eigenvalue weighted by molar-refractivity contribution is 0.228. The first-order chi connectivity index (χ1) is 8.70. The number of ether oxygens (including phenoxy) is 1. The molecule has 1 N–H and O–H groups in total. The third kappa shape index (κ3) is 2.79. The summed E-state index contributed by atoms with van der Waals surface area (Å²) in [6, 6.07) is 15.2. The lowest BCUT2D eigenvalue weighted by Crippen LogP contribution is -1.93. The molecule has 2 aromatic carbocycles. The third-order valence-electron chi connectivity index (χ3n) is 2.74.